The summed E-state index contributed by atoms with van der Waals surface area (Å²) >= 11 is 0. The molecule has 7 heteroatoms. The van der Waals surface area contributed by atoms with E-state index < -0.39 is 0 Å². The summed E-state index contributed by atoms with van der Waals surface area (Å²) in [6, 6.07) is 5.58. The summed E-state index contributed by atoms with van der Waals surface area (Å²) in [6.45, 7) is 1.98. The van der Waals surface area contributed by atoms with E-state index in [1.807, 2.05) is 19.1 Å². The lowest BCUT2D eigenvalue weighted by molar-refractivity contribution is -0.119. The number of anilines is 2. The van der Waals surface area contributed by atoms with Gasteiger partial charge in [0.25, 0.3) is 0 Å². The molecule has 0 aromatic carbocycles. The first-order chi connectivity index (χ1) is 12.6. The highest BCUT2D eigenvalue weighted by molar-refractivity contribution is 5.99. The van der Waals surface area contributed by atoms with Gasteiger partial charge in [0.15, 0.2) is 0 Å². The van der Waals surface area contributed by atoms with Crippen molar-refractivity contribution in [2.45, 2.75) is 13.3 Å². The van der Waals surface area contributed by atoms with Crippen LogP contribution in [0.3, 0.4) is 0 Å². The van der Waals surface area contributed by atoms with Crippen molar-refractivity contribution in [2.24, 2.45) is 11.8 Å². The molecule has 3 aromatic rings. The Bertz CT molecular complexity index is 1030. The van der Waals surface area contributed by atoms with Crippen molar-refractivity contribution in [3.8, 4) is 11.3 Å². The van der Waals surface area contributed by atoms with Gasteiger partial charge in [0.05, 0.1) is 5.69 Å². The standard InChI is InChI=1S/C19H17N5O2/c1-10-2-3-21-7-14(10)16-5-11-6-17(22-8-15(11)18(20)23-16)24-19(26)13-4-12(13)9-25/h2-3,5-9,12-13H,4H2,1H3,(H2,20,23)(H,22,24,26). The maximum absolute atomic E-state index is 12.1. The molecule has 0 saturated heterocycles. The number of hydrogen-bond acceptors (Lipinski definition) is 6. The quantitative estimate of drug-likeness (QED) is 0.701. The van der Waals surface area contributed by atoms with Crippen LogP contribution < -0.4 is 11.1 Å². The molecule has 1 aliphatic rings. The van der Waals surface area contributed by atoms with E-state index in [4.69, 9.17) is 5.73 Å². The summed E-state index contributed by atoms with van der Waals surface area (Å²) in [7, 11) is 0. The van der Waals surface area contributed by atoms with Crippen LogP contribution in [0.2, 0.25) is 0 Å². The highest BCUT2D eigenvalue weighted by Crippen LogP contribution is 2.37. The van der Waals surface area contributed by atoms with Crippen molar-refractivity contribution in [1.29, 1.82) is 0 Å². The van der Waals surface area contributed by atoms with Gasteiger partial charge >= 0.3 is 0 Å². The van der Waals surface area contributed by atoms with Crippen molar-refractivity contribution >= 4 is 34.6 Å². The van der Waals surface area contributed by atoms with E-state index in [1.165, 1.54) is 0 Å². The Hall–Kier alpha value is -3.35. The summed E-state index contributed by atoms with van der Waals surface area (Å²) in [5.74, 6) is 0.198. The van der Waals surface area contributed by atoms with Crippen molar-refractivity contribution in [3.63, 3.8) is 0 Å². The number of nitrogens with zero attached hydrogens (tertiary/aromatic N) is 3. The van der Waals surface area contributed by atoms with Crippen LogP contribution in [0.1, 0.15) is 12.0 Å². The van der Waals surface area contributed by atoms with Crippen LogP contribution in [0.5, 0.6) is 0 Å². The number of amides is 1. The van der Waals surface area contributed by atoms with E-state index in [1.54, 1.807) is 24.7 Å². The molecule has 0 bridgehead atoms. The average molecular weight is 347 g/mol. The Morgan fingerprint density at radius 2 is 2.19 bits per heavy atom. The van der Waals surface area contributed by atoms with Gasteiger partial charge in [0, 0.05) is 41.4 Å². The van der Waals surface area contributed by atoms with Gasteiger partial charge in [0.2, 0.25) is 5.91 Å². The summed E-state index contributed by atoms with van der Waals surface area (Å²) in [6.07, 6.45) is 6.50. The molecule has 130 valence electrons. The molecule has 2 unspecified atom stereocenters. The monoisotopic (exact) mass is 347 g/mol. The number of hydrogen-bond donors (Lipinski definition) is 2. The third-order valence-corrected chi connectivity index (χ3v) is 4.66. The minimum atomic E-state index is -0.249. The van der Waals surface area contributed by atoms with Crippen LogP contribution in [-0.4, -0.2) is 27.1 Å². The van der Waals surface area contributed by atoms with E-state index in [9.17, 15) is 9.59 Å². The molecule has 0 aliphatic heterocycles. The lowest BCUT2D eigenvalue weighted by Gasteiger charge is -2.10. The van der Waals surface area contributed by atoms with Crippen molar-refractivity contribution in [2.75, 3.05) is 11.1 Å². The van der Waals surface area contributed by atoms with Gasteiger partial charge in [-0.3, -0.25) is 9.78 Å². The zero-order chi connectivity index (χ0) is 18.3. The number of fused-ring (bicyclic) bond motifs is 1. The second-order valence-corrected chi connectivity index (χ2v) is 6.51. The number of nitrogens with one attached hydrogen (secondary N) is 1. The highest BCUT2D eigenvalue weighted by Gasteiger charge is 2.42. The van der Waals surface area contributed by atoms with Gasteiger partial charge < -0.3 is 15.8 Å². The van der Waals surface area contributed by atoms with Crippen molar-refractivity contribution < 1.29 is 9.59 Å². The summed E-state index contributed by atoms with van der Waals surface area (Å²) in [5.41, 5.74) is 8.75. The van der Waals surface area contributed by atoms with E-state index in [0.717, 1.165) is 22.8 Å². The number of aldehydes is 1. The summed E-state index contributed by atoms with van der Waals surface area (Å²) < 4.78 is 0. The highest BCUT2D eigenvalue weighted by atomic mass is 16.2. The van der Waals surface area contributed by atoms with E-state index >= 15 is 0 Å². The number of nitrogen functional groups attached to an aromatic ring is 1. The van der Waals surface area contributed by atoms with Gasteiger partial charge in [-0.1, -0.05) is 0 Å². The maximum atomic E-state index is 12.1. The predicted octanol–water partition coefficient (Wildman–Crippen LogP) is 2.36. The van der Waals surface area contributed by atoms with E-state index in [0.29, 0.717) is 29.1 Å². The molecule has 2 atom stereocenters. The zero-order valence-corrected chi connectivity index (χ0v) is 14.1. The normalized spacial score (nSPS) is 18.5. The third-order valence-electron chi connectivity index (χ3n) is 4.66. The maximum Gasteiger partial charge on any atom is 0.229 e. The third kappa shape index (κ3) is 2.88. The fourth-order valence-corrected chi connectivity index (χ4v) is 3.00. The van der Waals surface area contributed by atoms with Gasteiger partial charge in [-0.25, -0.2) is 9.97 Å². The van der Waals surface area contributed by atoms with Gasteiger partial charge in [-0.15, -0.1) is 0 Å². The lowest BCUT2D eigenvalue weighted by Crippen LogP contribution is -2.15. The Kier molecular flexibility index (Phi) is 3.84. The van der Waals surface area contributed by atoms with Crippen LogP contribution in [-0.2, 0) is 9.59 Å². The van der Waals surface area contributed by atoms with Crippen molar-refractivity contribution in [3.05, 3.63) is 42.4 Å². The molecule has 3 aromatic heterocycles. The molecule has 4 rings (SSSR count). The number of carbonyl (C=O) groups is 2. The molecular weight excluding hydrogens is 330 g/mol. The van der Waals surface area contributed by atoms with Crippen LogP contribution in [0.15, 0.2) is 36.8 Å². The molecule has 0 radical (unpaired) electrons. The molecule has 1 aliphatic carbocycles. The second-order valence-electron chi connectivity index (χ2n) is 6.51. The Labute approximate surface area is 149 Å². The van der Waals surface area contributed by atoms with Gasteiger partial charge in [-0.2, -0.15) is 0 Å². The number of carbonyl (C=O) groups excluding carboxylic acids is 2. The second kappa shape index (κ2) is 6.18. The van der Waals surface area contributed by atoms with Crippen LogP contribution in [0.4, 0.5) is 11.6 Å². The molecule has 3 N–H and O–H groups in total. The first-order valence-corrected chi connectivity index (χ1v) is 8.30. The van der Waals surface area contributed by atoms with Crippen LogP contribution in [0, 0.1) is 18.8 Å². The number of nitrogens with two attached hydrogens (primary N) is 1. The Morgan fingerprint density at radius 1 is 1.35 bits per heavy atom. The molecule has 3 heterocycles. The smallest absolute Gasteiger partial charge is 0.229 e. The minimum absolute atomic E-state index is 0.171. The molecule has 7 nitrogen and oxygen atoms in total. The summed E-state index contributed by atoms with van der Waals surface area (Å²) in [5, 5.41) is 4.30. The topological polar surface area (TPSA) is 111 Å². The zero-order valence-electron chi connectivity index (χ0n) is 14.1. The Morgan fingerprint density at radius 3 is 2.92 bits per heavy atom. The molecule has 1 amide bonds. The molecule has 26 heavy (non-hydrogen) atoms. The predicted molar refractivity (Wildman–Crippen MR) is 98.2 cm³/mol. The largest absolute Gasteiger partial charge is 0.383 e. The Balaban J connectivity index is 1.69. The molecule has 1 saturated carbocycles. The minimum Gasteiger partial charge on any atom is -0.383 e. The van der Waals surface area contributed by atoms with Crippen LogP contribution in [0.25, 0.3) is 22.0 Å². The fourth-order valence-electron chi connectivity index (χ4n) is 3.00. The first kappa shape index (κ1) is 16.1. The lowest BCUT2D eigenvalue weighted by atomic mass is 10.1. The molecule has 1 fully saturated rings. The summed E-state index contributed by atoms with van der Waals surface area (Å²) in [4.78, 5) is 35.7. The number of aryl methyl sites for hydroxylation is 1. The van der Waals surface area contributed by atoms with Gasteiger partial charge in [-0.05, 0) is 42.5 Å². The van der Waals surface area contributed by atoms with Crippen LogP contribution >= 0.6 is 0 Å². The average Bonchev–Trinajstić information content (AvgIpc) is 3.42. The SMILES string of the molecule is Cc1ccncc1-c1cc2cc(NC(=O)C3CC3C=O)ncc2c(N)n1. The molecule has 0 spiro atoms. The molecular formula is C19H17N5O2. The number of pyridine rings is 3. The first-order valence-electron chi connectivity index (χ1n) is 8.30. The van der Waals surface area contributed by atoms with Gasteiger partial charge in [0.1, 0.15) is 17.9 Å². The number of aromatic nitrogens is 3. The van der Waals surface area contributed by atoms with Crippen molar-refractivity contribution in [1.82, 2.24) is 15.0 Å². The fraction of sp³-hybridized carbons (Fsp3) is 0.211. The number of rotatable bonds is 4. The van der Waals surface area contributed by atoms with E-state index in [2.05, 4.69) is 20.3 Å². The van der Waals surface area contributed by atoms with E-state index in [-0.39, 0.29) is 17.7 Å².